The largest absolute Gasteiger partial charge is 0.453 e. The van der Waals surface area contributed by atoms with Gasteiger partial charge in [-0.25, -0.2) is 4.39 Å². The number of benzene rings is 1. The van der Waals surface area contributed by atoms with E-state index in [1.807, 2.05) is 24.4 Å². The molecule has 0 aliphatic rings. The van der Waals surface area contributed by atoms with Gasteiger partial charge in [0, 0.05) is 29.9 Å². The Morgan fingerprint density at radius 3 is 2.95 bits per heavy atom. The maximum atomic E-state index is 13.6. The summed E-state index contributed by atoms with van der Waals surface area (Å²) in [5.74, 6) is 0.293. The lowest BCUT2D eigenvalue weighted by atomic mass is 10.1. The zero-order valence-electron chi connectivity index (χ0n) is 11.2. The van der Waals surface area contributed by atoms with E-state index in [9.17, 15) is 4.39 Å². The third-order valence-electron chi connectivity index (χ3n) is 3.15. The van der Waals surface area contributed by atoms with Crippen molar-refractivity contribution in [3.63, 3.8) is 0 Å². The third-order valence-corrected chi connectivity index (χ3v) is 3.15. The average Bonchev–Trinajstić information content (AvgIpc) is 2.91. The topological polar surface area (TPSA) is 38.1 Å². The first-order chi connectivity index (χ1) is 9.78. The fraction of sp³-hybridized carbons (Fsp3) is 0.188. The highest BCUT2D eigenvalue weighted by Crippen LogP contribution is 2.29. The van der Waals surface area contributed by atoms with Gasteiger partial charge in [-0.15, -0.1) is 0 Å². The number of fused-ring (bicyclic) bond motifs is 1. The van der Waals surface area contributed by atoms with E-state index in [2.05, 4.69) is 17.2 Å². The Balaban J connectivity index is 2.00. The number of aromatic nitrogens is 1. The van der Waals surface area contributed by atoms with E-state index in [-0.39, 0.29) is 5.82 Å². The molecule has 1 N–H and O–H groups in total. The molecule has 0 fully saturated rings. The van der Waals surface area contributed by atoms with Crippen LogP contribution in [0.1, 0.15) is 12.5 Å². The molecule has 0 atom stereocenters. The van der Waals surface area contributed by atoms with Crippen molar-refractivity contribution in [3.05, 3.63) is 54.1 Å². The number of hydrogen-bond donors (Lipinski definition) is 1. The summed E-state index contributed by atoms with van der Waals surface area (Å²) in [5, 5.41) is 4.01. The minimum Gasteiger partial charge on any atom is -0.453 e. The van der Waals surface area contributed by atoms with Crippen LogP contribution in [0.25, 0.3) is 22.3 Å². The van der Waals surface area contributed by atoms with Crippen molar-refractivity contribution in [1.29, 1.82) is 0 Å². The highest BCUT2D eigenvalue weighted by molar-refractivity contribution is 5.83. The van der Waals surface area contributed by atoms with Crippen LogP contribution in [0, 0.1) is 5.82 Å². The van der Waals surface area contributed by atoms with E-state index in [1.165, 1.54) is 6.07 Å². The summed E-state index contributed by atoms with van der Waals surface area (Å²) in [6, 6.07) is 8.76. The van der Waals surface area contributed by atoms with E-state index < -0.39 is 0 Å². The second-order valence-corrected chi connectivity index (χ2v) is 4.63. The summed E-state index contributed by atoms with van der Waals surface area (Å²) < 4.78 is 19.3. The fourth-order valence-corrected chi connectivity index (χ4v) is 2.16. The molecule has 2 heterocycles. The number of halogens is 1. The van der Waals surface area contributed by atoms with Crippen molar-refractivity contribution in [1.82, 2.24) is 10.3 Å². The number of para-hydroxylation sites is 1. The van der Waals surface area contributed by atoms with E-state index in [1.54, 1.807) is 12.3 Å². The number of nitrogens with zero attached hydrogens (tertiary/aromatic N) is 1. The number of nitrogens with one attached hydrogen (secondary N) is 1. The Labute approximate surface area is 116 Å². The Morgan fingerprint density at radius 1 is 1.25 bits per heavy atom. The van der Waals surface area contributed by atoms with Crippen LogP contribution in [-0.2, 0) is 6.54 Å². The molecule has 0 radical (unpaired) electrons. The first-order valence-corrected chi connectivity index (χ1v) is 6.61. The molecule has 3 aromatic rings. The first kappa shape index (κ1) is 12.8. The van der Waals surface area contributed by atoms with Gasteiger partial charge in [0.2, 0.25) is 0 Å². The minimum atomic E-state index is -0.342. The Bertz CT molecular complexity index is 736. The van der Waals surface area contributed by atoms with Crippen LogP contribution in [0.4, 0.5) is 4.39 Å². The monoisotopic (exact) mass is 270 g/mol. The molecule has 20 heavy (non-hydrogen) atoms. The normalized spacial score (nSPS) is 11.1. The van der Waals surface area contributed by atoms with Crippen molar-refractivity contribution in [2.45, 2.75) is 13.5 Å². The SMILES string of the molecule is CCNCc1cncc(-c2cc3cccc(F)c3o2)c1. The zero-order valence-corrected chi connectivity index (χ0v) is 11.2. The highest BCUT2D eigenvalue weighted by Gasteiger charge is 2.10. The lowest BCUT2D eigenvalue weighted by Crippen LogP contribution is -2.11. The van der Waals surface area contributed by atoms with E-state index >= 15 is 0 Å². The summed E-state index contributed by atoms with van der Waals surface area (Å²) >= 11 is 0. The molecule has 3 rings (SSSR count). The van der Waals surface area contributed by atoms with Gasteiger partial charge in [0.15, 0.2) is 11.4 Å². The molecular formula is C16H15FN2O. The zero-order chi connectivity index (χ0) is 13.9. The summed E-state index contributed by atoms with van der Waals surface area (Å²) in [4.78, 5) is 4.21. The summed E-state index contributed by atoms with van der Waals surface area (Å²) in [7, 11) is 0. The van der Waals surface area contributed by atoms with Crippen LogP contribution in [0.15, 0.2) is 47.1 Å². The van der Waals surface area contributed by atoms with Gasteiger partial charge < -0.3 is 9.73 Å². The van der Waals surface area contributed by atoms with Gasteiger partial charge in [0.05, 0.1) is 0 Å². The molecule has 0 unspecified atom stereocenters. The van der Waals surface area contributed by atoms with Gasteiger partial charge in [-0.1, -0.05) is 19.1 Å². The van der Waals surface area contributed by atoms with Crippen molar-refractivity contribution < 1.29 is 8.81 Å². The van der Waals surface area contributed by atoms with Gasteiger partial charge in [-0.05, 0) is 30.3 Å². The number of furan rings is 1. The van der Waals surface area contributed by atoms with Crippen molar-refractivity contribution in [3.8, 4) is 11.3 Å². The van der Waals surface area contributed by atoms with Crippen LogP contribution < -0.4 is 5.32 Å². The predicted molar refractivity (Wildman–Crippen MR) is 76.8 cm³/mol. The minimum absolute atomic E-state index is 0.291. The third kappa shape index (κ3) is 2.42. The van der Waals surface area contributed by atoms with Gasteiger partial charge in [-0.3, -0.25) is 4.98 Å². The lowest BCUT2D eigenvalue weighted by Gasteiger charge is -2.03. The van der Waals surface area contributed by atoms with Gasteiger partial charge in [-0.2, -0.15) is 0 Å². The maximum Gasteiger partial charge on any atom is 0.170 e. The molecule has 0 bridgehead atoms. The van der Waals surface area contributed by atoms with E-state index in [4.69, 9.17) is 4.42 Å². The van der Waals surface area contributed by atoms with Crippen molar-refractivity contribution >= 4 is 11.0 Å². The standard InChI is InChI=1S/C16H15FN2O/c1-2-18-8-11-6-13(10-19-9-11)15-7-12-4-3-5-14(17)16(12)20-15/h3-7,9-10,18H,2,8H2,1H3. The van der Waals surface area contributed by atoms with Gasteiger partial charge in [0.25, 0.3) is 0 Å². The number of hydrogen-bond acceptors (Lipinski definition) is 3. The van der Waals surface area contributed by atoms with Crippen molar-refractivity contribution in [2.75, 3.05) is 6.54 Å². The van der Waals surface area contributed by atoms with Crippen LogP contribution in [0.3, 0.4) is 0 Å². The second-order valence-electron chi connectivity index (χ2n) is 4.63. The molecule has 1 aromatic carbocycles. The molecule has 0 saturated carbocycles. The maximum absolute atomic E-state index is 13.6. The number of rotatable bonds is 4. The molecule has 0 aliphatic carbocycles. The summed E-state index contributed by atoms with van der Waals surface area (Å²) in [6.07, 6.45) is 3.54. The summed E-state index contributed by atoms with van der Waals surface area (Å²) in [6.45, 7) is 3.71. The Hall–Kier alpha value is -2.20. The van der Waals surface area contributed by atoms with Gasteiger partial charge in [0.1, 0.15) is 5.76 Å². The predicted octanol–water partition coefficient (Wildman–Crippen LogP) is 3.74. The first-order valence-electron chi connectivity index (χ1n) is 6.61. The van der Waals surface area contributed by atoms with Crippen molar-refractivity contribution in [2.24, 2.45) is 0 Å². The fourth-order valence-electron chi connectivity index (χ4n) is 2.16. The van der Waals surface area contributed by atoms with Gasteiger partial charge >= 0.3 is 0 Å². The number of pyridine rings is 1. The molecular weight excluding hydrogens is 255 g/mol. The molecule has 102 valence electrons. The molecule has 3 nitrogen and oxygen atoms in total. The highest BCUT2D eigenvalue weighted by atomic mass is 19.1. The van der Waals surface area contributed by atoms with Crippen LogP contribution in [-0.4, -0.2) is 11.5 Å². The molecule has 4 heteroatoms. The Kier molecular flexibility index (Phi) is 3.48. The molecule has 0 spiro atoms. The quantitative estimate of drug-likeness (QED) is 0.784. The van der Waals surface area contributed by atoms with Crippen LogP contribution >= 0.6 is 0 Å². The molecule has 2 aromatic heterocycles. The van der Waals surface area contributed by atoms with Crippen LogP contribution in [0.5, 0.6) is 0 Å². The van der Waals surface area contributed by atoms with E-state index in [0.29, 0.717) is 11.3 Å². The van der Waals surface area contributed by atoms with E-state index in [0.717, 1.165) is 29.6 Å². The van der Waals surface area contributed by atoms with Crippen LogP contribution in [0.2, 0.25) is 0 Å². The smallest absolute Gasteiger partial charge is 0.170 e. The summed E-state index contributed by atoms with van der Waals surface area (Å²) in [5.41, 5.74) is 2.22. The Morgan fingerprint density at radius 2 is 2.15 bits per heavy atom. The average molecular weight is 270 g/mol. The molecule has 0 saturated heterocycles. The molecule has 0 amide bonds. The molecule has 0 aliphatic heterocycles. The lowest BCUT2D eigenvalue weighted by molar-refractivity contribution is 0.568. The second kappa shape index (κ2) is 5.43.